The minimum absolute atomic E-state index is 0.149. The monoisotopic (exact) mass is 220 g/mol. The molecule has 0 saturated heterocycles. The summed E-state index contributed by atoms with van der Waals surface area (Å²) in [6.07, 6.45) is 1.57. The zero-order chi connectivity index (χ0) is 11.5. The Labute approximate surface area is 92.1 Å². The van der Waals surface area contributed by atoms with Gasteiger partial charge in [0.25, 0.3) is 0 Å². The summed E-state index contributed by atoms with van der Waals surface area (Å²) in [6, 6.07) is 7.87. The lowest BCUT2D eigenvalue weighted by Crippen LogP contribution is -2.31. The van der Waals surface area contributed by atoms with E-state index in [1.165, 1.54) is 16.8 Å². The first-order valence-electron chi connectivity index (χ1n) is 4.80. The van der Waals surface area contributed by atoms with Crippen LogP contribution >= 0.6 is 0 Å². The molecule has 1 aromatic carbocycles. The van der Waals surface area contributed by atoms with Crippen molar-refractivity contribution in [2.24, 2.45) is 0 Å². The predicted octanol–water partition coefficient (Wildman–Crippen LogP) is -0.250. The van der Waals surface area contributed by atoms with E-state index >= 15 is 0 Å². The Morgan fingerprint density at radius 2 is 2.00 bits per heavy atom. The SMILES string of the molecule is OB(O)c1ccn(Cc2ccccc2F)n1. The van der Waals surface area contributed by atoms with Crippen molar-refractivity contribution in [2.75, 3.05) is 0 Å². The number of nitrogens with zero attached hydrogens (tertiary/aromatic N) is 2. The fourth-order valence-electron chi connectivity index (χ4n) is 1.40. The van der Waals surface area contributed by atoms with Gasteiger partial charge >= 0.3 is 7.12 Å². The molecule has 0 fully saturated rings. The zero-order valence-electron chi connectivity index (χ0n) is 8.42. The van der Waals surface area contributed by atoms with Crippen LogP contribution in [0.4, 0.5) is 4.39 Å². The molecule has 4 nitrogen and oxygen atoms in total. The van der Waals surface area contributed by atoms with Crippen LogP contribution in [0.2, 0.25) is 0 Å². The summed E-state index contributed by atoms with van der Waals surface area (Å²) in [5.74, 6) is -0.302. The highest BCUT2D eigenvalue weighted by Gasteiger charge is 2.14. The van der Waals surface area contributed by atoms with Crippen molar-refractivity contribution in [3.8, 4) is 0 Å². The third-order valence-corrected chi connectivity index (χ3v) is 2.22. The van der Waals surface area contributed by atoms with Crippen LogP contribution in [0.1, 0.15) is 5.56 Å². The number of hydrogen-bond donors (Lipinski definition) is 2. The largest absolute Gasteiger partial charge is 0.510 e. The topological polar surface area (TPSA) is 58.3 Å². The van der Waals surface area contributed by atoms with Gasteiger partial charge in [-0.25, -0.2) is 4.39 Å². The van der Waals surface area contributed by atoms with Gasteiger partial charge in [0.15, 0.2) is 0 Å². The Morgan fingerprint density at radius 1 is 1.25 bits per heavy atom. The highest BCUT2D eigenvalue weighted by Crippen LogP contribution is 2.07. The van der Waals surface area contributed by atoms with E-state index in [4.69, 9.17) is 10.0 Å². The number of halogens is 1. The average Bonchev–Trinajstić information content (AvgIpc) is 2.70. The summed E-state index contributed by atoms with van der Waals surface area (Å²) in [4.78, 5) is 0. The van der Waals surface area contributed by atoms with E-state index in [-0.39, 0.29) is 18.0 Å². The fraction of sp³-hybridized carbons (Fsp3) is 0.100. The molecule has 0 aliphatic heterocycles. The molecular weight excluding hydrogens is 210 g/mol. The van der Waals surface area contributed by atoms with Gasteiger partial charge in [-0.1, -0.05) is 18.2 Å². The molecule has 2 rings (SSSR count). The second-order valence-electron chi connectivity index (χ2n) is 3.40. The first-order chi connectivity index (χ1) is 7.66. The summed E-state index contributed by atoms with van der Waals surface area (Å²) < 4.78 is 14.8. The summed E-state index contributed by atoms with van der Waals surface area (Å²) in [6.45, 7) is 0.263. The molecule has 0 amide bonds. The van der Waals surface area contributed by atoms with Gasteiger partial charge in [0.05, 0.1) is 12.1 Å². The number of aromatic nitrogens is 2. The van der Waals surface area contributed by atoms with Crippen LogP contribution in [0.3, 0.4) is 0 Å². The molecular formula is C10H10BFN2O2. The van der Waals surface area contributed by atoms with Gasteiger partial charge in [0.2, 0.25) is 0 Å². The molecule has 0 aliphatic rings. The Bertz CT molecular complexity index is 487. The van der Waals surface area contributed by atoms with Crippen LogP contribution in [0.5, 0.6) is 0 Å². The molecule has 16 heavy (non-hydrogen) atoms. The zero-order valence-corrected chi connectivity index (χ0v) is 8.42. The molecule has 0 radical (unpaired) electrons. The highest BCUT2D eigenvalue weighted by molar-refractivity contribution is 6.57. The third-order valence-electron chi connectivity index (χ3n) is 2.22. The molecule has 0 atom stereocenters. The minimum Gasteiger partial charge on any atom is -0.422 e. The maximum atomic E-state index is 13.3. The highest BCUT2D eigenvalue weighted by atomic mass is 19.1. The molecule has 1 heterocycles. The fourth-order valence-corrected chi connectivity index (χ4v) is 1.40. The maximum Gasteiger partial charge on any atom is 0.510 e. The lowest BCUT2D eigenvalue weighted by Gasteiger charge is -2.02. The standard InChI is InChI=1S/C10H10BFN2O2/c12-9-4-2-1-3-8(9)7-14-6-5-10(13-14)11(15)16/h1-6,15-16H,7H2. The van der Waals surface area contributed by atoms with Gasteiger partial charge in [0.1, 0.15) is 5.82 Å². The van der Waals surface area contributed by atoms with Crippen LogP contribution in [0, 0.1) is 5.82 Å². The Kier molecular flexibility index (Phi) is 3.03. The molecule has 0 aliphatic carbocycles. The van der Waals surface area contributed by atoms with Gasteiger partial charge in [-0.15, -0.1) is 0 Å². The molecule has 2 aromatic rings. The van der Waals surface area contributed by atoms with Crippen molar-refractivity contribution in [3.05, 3.63) is 47.9 Å². The quantitative estimate of drug-likeness (QED) is 0.701. The summed E-state index contributed by atoms with van der Waals surface area (Å²) in [5, 5.41) is 21.6. The van der Waals surface area contributed by atoms with Gasteiger partial charge in [-0.05, 0) is 12.1 Å². The first-order valence-corrected chi connectivity index (χ1v) is 4.80. The van der Waals surface area contributed by atoms with Crippen molar-refractivity contribution in [2.45, 2.75) is 6.54 Å². The van der Waals surface area contributed by atoms with Crippen LogP contribution in [0.25, 0.3) is 0 Å². The van der Waals surface area contributed by atoms with Crippen molar-refractivity contribution >= 4 is 12.7 Å². The summed E-state index contributed by atoms with van der Waals surface area (Å²) in [5.41, 5.74) is 0.654. The molecule has 0 unspecified atom stereocenters. The average molecular weight is 220 g/mol. The number of benzene rings is 1. The van der Waals surface area contributed by atoms with Gasteiger partial charge in [0, 0.05) is 11.8 Å². The lowest BCUT2D eigenvalue weighted by atomic mass is 9.87. The lowest BCUT2D eigenvalue weighted by molar-refractivity contribution is 0.423. The normalized spacial score (nSPS) is 10.4. The van der Waals surface area contributed by atoms with Crippen molar-refractivity contribution in [1.82, 2.24) is 9.78 Å². The van der Waals surface area contributed by atoms with E-state index in [1.54, 1.807) is 24.4 Å². The van der Waals surface area contributed by atoms with Gasteiger partial charge in [-0.2, -0.15) is 5.10 Å². The molecule has 1 aromatic heterocycles. The maximum absolute atomic E-state index is 13.3. The van der Waals surface area contributed by atoms with Crippen molar-refractivity contribution in [1.29, 1.82) is 0 Å². The van der Waals surface area contributed by atoms with Crippen LogP contribution in [-0.2, 0) is 6.54 Å². The molecule has 82 valence electrons. The van der Waals surface area contributed by atoms with E-state index in [1.807, 2.05) is 0 Å². The first kappa shape index (κ1) is 10.8. The molecule has 0 saturated carbocycles. The van der Waals surface area contributed by atoms with Crippen molar-refractivity contribution < 1.29 is 14.4 Å². The second kappa shape index (κ2) is 4.46. The molecule has 2 N–H and O–H groups in total. The third kappa shape index (κ3) is 2.29. The van der Waals surface area contributed by atoms with Crippen LogP contribution in [-0.4, -0.2) is 26.9 Å². The van der Waals surface area contributed by atoms with E-state index < -0.39 is 7.12 Å². The van der Waals surface area contributed by atoms with E-state index in [2.05, 4.69) is 5.10 Å². The van der Waals surface area contributed by atoms with Gasteiger partial charge in [-0.3, -0.25) is 4.68 Å². The Morgan fingerprint density at radius 3 is 2.62 bits per heavy atom. The van der Waals surface area contributed by atoms with Crippen LogP contribution < -0.4 is 5.59 Å². The second-order valence-corrected chi connectivity index (χ2v) is 3.40. The van der Waals surface area contributed by atoms with E-state index in [9.17, 15) is 4.39 Å². The Balaban J connectivity index is 2.18. The number of rotatable bonds is 3. The smallest absolute Gasteiger partial charge is 0.422 e. The van der Waals surface area contributed by atoms with E-state index in [0.717, 1.165) is 0 Å². The van der Waals surface area contributed by atoms with Crippen molar-refractivity contribution in [3.63, 3.8) is 0 Å². The molecule has 0 spiro atoms. The van der Waals surface area contributed by atoms with Crippen LogP contribution in [0.15, 0.2) is 36.5 Å². The summed E-state index contributed by atoms with van der Waals surface area (Å²) in [7, 11) is -1.60. The minimum atomic E-state index is -1.60. The predicted molar refractivity (Wildman–Crippen MR) is 57.6 cm³/mol. The molecule has 0 bridgehead atoms. The number of hydrogen-bond acceptors (Lipinski definition) is 3. The van der Waals surface area contributed by atoms with E-state index in [0.29, 0.717) is 5.56 Å². The van der Waals surface area contributed by atoms with Gasteiger partial charge < -0.3 is 10.0 Å². The summed E-state index contributed by atoms with van der Waals surface area (Å²) >= 11 is 0. The Hall–Kier alpha value is -1.66. The molecule has 6 heteroatoms.